The maximum atomic E-state index is 12.1. The Hall–Kier alpha value is -2.10. The van der Waals surface area contributed by atoms with Crippen LogP contribution in [0.1, 0.15) is 43.2 Å². The number of aryl methyl sites for hydroxylation is 2. The van der Waals surface area contributed by atoms with Gasteiger partial charge in [-0.25, -0.2) is 0 Å². The minimum atomic E-state index is -0.0926. The molecule has 1 aliphatic rings. The third kappa shape index (κ3) is 3.38. The van der Waals surface area contributed by atoms with Crippen molar-refractivity contribution >= 4 is 16.8 Å². The quantitative estimate of drug-likeness (QED) is 0.911. The van der Waals surface area contributed by atoms with Gasteiger partial charge in [-0.3, -0.25) is 9.59 Å². The first-order valence-electron chi connectivity index (χ1n) is 8.04. The number of aromatic nitrogens is 1. The summed E-state index contributed by atoms with van der Waals surface area (Å²) in [5.41, 5.74) is 2.59. The Morgan fingerprint density at radius 3 is 2.82 bits per heavy atom. The number of aromatic amines is 1. The molecule has 0 spiro atoms. The fraction of sp³-hybridized carbons (Fsp3) is 0.444. The molecule has 0 saturated heterocycles. The van der Waals surface area contributed by atoms with Crippen molar-refractivity contribution in [2.75, 3.05) is 0 Å². The Morgan fingerprint density at radius 1 is 1.27 bits per heavy atom. The first-order valence-corrected chi connectivity index (χ1v) is 8.04. The second kappa shape index (κ2) is 6.34. The minimum absolute atomic E-state index is 0.0515. The highest BCUT2D eigenvalue weighted by atomic mass is 16.1. The van der Waals surface area contributed by atoms with Gasteiger partial charge >= 0.3 is 0 Å². The molecule has 1 aliphatic carbocycles. The molecule has 116 valence electrons. The fourth-order valence-electron chi connectivity index (χ4n) is 3.18. The van der Waals surface area contributed by atoms with Crippen LogP contribution in [-0.2, 0) is 11.2 Å². The van der Waals surface area contributed by atoms with E-state index in [4.69, 9.17) is 0 Å². The molecule has 4 nitrogen and oxygen atoms in total. The zero-order chi connectivity index (χ0) is 15.5. The lowest BCUT2D eigenvalue weighted by Gasteiger charge is -2.11. The molecule has 0 aliphatic heterocycles. The van der Waals surface area contributed by atoms with Crippen molar-refractivity contribution in [1.82, 2.24) is 10.3 Å². The van der Waals surface area contributed by atoms with E-state index in [0.717, 1.165) is 29.3 Å². The van der Waals surface area contributed by atoms with E-state index in [-0.39, 0.29) is 11.5 Å². The van der Waals surface area contributed by atoms with Crippen LogP contribution in [0.15, 0.2) is 29.1 Å². The van der Waals surface area contributed by atoms with E-state index in [1.165, 1.54) is 12.8 Å². The summed E-state index contributed by atoms with van der Waals surface area (Å²) in [4.78, 5) is 27.0. The fourth-order valence-corrected chi connectivity index (χ4v) is 3.18. The van der Waals surface area contributed by atoms with Crippen molar-refractivity contribution in [3.05, 3.63) is 45.7 Å². The van der Waals surface area contributed by atoms with Gasteiger partial charge in [0.25, 0.3) is 5.56 Å². The Kier molecular flexibility index (Phi) is 4.27. The summed E-state index contributed by atoms with van der Waals surface area (Å²) in [6, 6.07) is 8.19. The Bertz CT molecular complexity index is 742. The lowest BCUT2D eigenvalue weighted by molar-refractivity contribution is -0.121. The molecular formula is C18H22N2O2. The molecule has 0 unspecified atom stereocenters. The average molecular weight is 298 g/mol. The van der Waals surface area contributed by atoms with Gasteiger partial charge in [-0.1, -0.05) is 24.5 Å². The highest BCUT2D eigenvalue weighted by Crippen LogP contribution is 2.18. The average Bonchev–Trinajstić information content (AvgIpc) is 2.98. The molecule has 2 aromatic rings. The van der Waals surface area contributed by atoms with Gasteiger partial charge in [0.1, 0.15) is 0 Å². The molecule has 3 rings (SSSR count). The summed E-state index contributed by atoms with van der Waals surface area (Å²) in [6.07, 6.45) is 5.43. The topological polar surface area (TPSA) is 62.0 Å². The maximum absolute atomic E-state index is 12.1. The minimum Gasteiger partial charge on any atom is -0.353 e. The maximum Gasteiger partial charge on any atom is 0.251 e. The van der Waals surface area contributed by atoms with Crippen LogP contribution in [0.3, 0.4) is 0 Å². The molecule has 1 amide bonds. The summed E-state index contributed by atoms with van der Waals surface area (Å²) < 4.78 is 0. The molecule has 2 N–H and O–H groups in total. The van der Waals surface area contributed by atoms with E-state index in [0.29, 0.717) is 24.4 Å². The number of fused-ring (bicyclic) bond motifs is 1. The summed E-state index contributed by atoms with van der Waals surface area (Å²) in [6.45, 7) is 2.03. The monoisotopic (exact) mass is 298 g/mol. The van der Waals surface area contributed by atoms with E-state index in [2.05, 4.69) is 10.3 Å². The standard InChI is InChI=1S/C18H22N2O2/c1-12-6-8-16-14(10-12)11-13(18(22)20-16)7-9-17(21)19-15-4-2-3-5-15/h6,8,10-11,15H,2-5,7,9H2,1H3,(H,19,21)(H,20,22). The molecule has 1 heterocycles. The van der Waals surface area contributed by atoms with Crippen molar-refractivity contribution in [2.24, 2.45) is 0 Å². The number of H-pyrrole nitrogens is 1. The molecule has 1 aromatic carbocycles. The van der Waals surface area contributed by atoms with Crippen molar-refractivity contribution in [3.8, 4) is 0 Å². The number of pyridine rings is 1. The SMILES string of the molecule is Cc1ccc2[nH]c(=O)c(CCC(=O)NC3CCCC3)cc2c1. The van der Waals surface area contributed by atoms with Crippen LogP contribution in [0.5, 0.6) is 0 Å². The number of nitrogens with one attached hydrogen (secondary N) is 2. The van der Waals surface area contributed by atoms with E-state index in [1.54, 1.807) is 0 Å². The number of rotatable bonds is 4. The first kappa shape index (κ1) is 14.8. The van der Waals surface area contributed by atoms with E-state index in [9.17, 15) is 9.59 Å². The van der Waals surface area contributed by atoms with Gasteiger partial charge in [0.05, 0.1) is 0 Å². The highest BCUT2D eigenvalue weighted by Gasteiger charge is 2.17. The molecule has 0 radical (unpaired) electrons. The molecule has 1 aromatic heterocycles. The van der Waals surface area contributed by atoms with Crippen LogP contribution in [0.25, 0.3) is 10.9 Å². The lowest BCUT2D eigenvalue weighted by atomic mass is 10.1. The van der Waals surface area contributed by atoms with Crippen LogP contribution in [-0.4, -0.2) is 16.9 Å². The molecule has 0 atom stereocenters. The highest BCUT2D eigenvalue weighted by molar-refractivity contribution is 5.80. The second-order valence-electron chi connectivity index (χ2n) is 6.26. The zero-order valence-electron chi connectivity index (χ0n) is 12.9. The van der Waals surface area contributed by atoms with Gasteiger partial charge in [0.15, 0.2) is 0 Å². The van der Waals surface area contributed by atoms with Crippen molar-refractivity contribution < 1.29 is 4.79 Å². The van der Waals surface area contributed by atoms with E-state index in [1.807, 2.05) is 31.2 Å². The lowest BCUT2D eigenvalue weighted by Crippen LogP contribution is -2.33. The first-order chi connectivity index (χ1) is 10.6. The van der Waals surface area contributed by atoms with Gasteiger partial charge in [-0.2, -0.15) is 0 Å². The number of amides is 1. The molecular weight excluding hydrogens is 276 g/mol. The van der Waals surface area contributed by atoms with Crippen molar-refractivity contribution in [1.29, 1.82) is 0 Å². The molecule has 0 bridgehead atoms. The van der Waals surface area contributed by atoms with Crippen molar-refractivity contribution in [3.63, 3.8) is 0 Å². The molecule has 22 heavy (non-hydrogen) atoms. The largest absolute Gasteiger partial charge is 0.353 e. The Morgan fingerprint density at radius 2 is 2.05 bits per heavy atom. The van der Waals surface area contributed by atoms with E-state index < -0.39 is 0 Å². The second-order valence-corrected chi connectivity index (χ2v) is 6.26. The normalized spacial score (nSPS) is 15.3. The predicted molar refractivity (Wildman–Crippen MR) is 88.0 cm³/mol. The van der Waals surface area contributed by atoms with Crippen LogP contribution >= 0.6 is 0 Å². The summed E-state index contributed by atoms with van der Waals surface area (Å²) in [5, 5.41) is 4.08. The van der Waals surface area contributed by atoms with Crippen molar-refractivity contribution in [2.45, 2.75) is 51.5 Å². The number of carbonyl (C=O) groups excluding carboxylic acids is 1. The molecule has 4 heteroatoms. The third-order valence-corrected chi connectivity index (χ3v) is 4.42. The number of hydrogen-bond donors (Lipinski definition) is 2. The zero-order valence-corrected chi connectivity index (χ0v) is 12.9. The van der Waals surface area contributed by atoms with Crippen LogP contribution in [0.2, 0.25) is 0 Å². The molecule has 1 fully saturated rings. The predicted octanol–water partition coefficient (Wildman–Crippen LogP) is 2.83. The summed E-state index contributed by atoms with van der Waals surface area (Å²) in [5.74, 6) is 0.0515. The van der Waals surface area contributed by atoms with Crippen LogP contribution in [0.4, 0.5) is 0 Å². The van der Waals surface area contributed by atoms with Gasteiger partial charge < -0.3 is 10.3 Å². The number of benzene rings is 1. The van der Waals surface area contributed by atoms with Gasteiger partial charge in [0.2, 0.25) is 5.91 Å². The number of carbonyl (C=O) groups is 1. The molecule has 1 saturated carbocycles. The Balaban J connectivity index is 1.69. The van der Waals surface area contributed by atoms with Gasteiger partial charge in [0, 0.05) is 23.5 Å². The third-order valence-electron chi connectivity index (χ3n) is 4.42. The Labute approximate surface area is 129 Å². The van der Waals surface area contributed by atoms with Crippen LogP contribution in [0, 0.1) is 6.92 Å². The summed E-state index contributed by atoms with van der Waals surface area (Å²) in [7, 11) is 0. The van der Waals surface area contributed by atoms with Crippen LogP contribution < -0.4 is 10.9 Å². The van der Waals surface area contributed by atoms with Gasteiger partial charge in [-0.15, -0.1) is 0 Å². The van der Waals surface area contributed by atoms with Gasteiger partial charge in [-0.05, 0) is 49.8 Å². The van der Waals surface area contributed by atoms with E-state index >= 15 is 0 Å². The summed E-state index contributed by atoms with van der Waals surface area (Å²) >= 11 is 0. The number of hydrogen-bond acceptors (Lipinski definition) is 2. The smallest absolute Gasteiger partial charge is 0.251 e.